The van der Waals surface area contributed by atoms with Crippen molar-refractivity contribution in [1.29, 1.82) is 0 Å². The SMILES string of the molecule is CC1=C(C)C2CC12. The zero-order valence-corrected chi connectivity index (χ0v) is 4.86. The van der Waals surface area contributed by atoms with E-state index in [2.05, 4.69) is 13.8 Å². The third-order valence-electron chi connectivity index (χ3n) is 2.52. The summed E-state index contributed by atoms with van der Waals surface area (Å²) in [5.41, 5.74) is 3.37. The van der Waals surface area contributed by atoms with Crippen LogP contribution in [0.2, 0.25) is 0 Å². The van der Waals surface area contributed by atoms with Crippen LogP contribution in [-0.4, -0.2) is 0 Å². The summed E-state index contributed by atoms with van der Waals surface area (Å²) in [6, 6.07) is 0. The summed E-state index contributed by atoms with van der Waals surface area (Å²) in [4.78, 5) is 0. The van der Waals surface area contributed by atoms with Crippen LogP contribution in [0.25, 0.3) is 0 Å². The number of hydrogen-bond acceptors (Lipinski definition) is 0. The van der Waals surface area contributed by atoms with E-state index in [9.17, 15) is 0 Å². The second-order valence-corrected chi connectivity index (χ2v) is 2.81. The molecule has 7 heavy (non-hydrogen) atoms. The van der Waals surface area contributed by atoms with E-state index in [0.717, 1.165) is 11.8 Å². The van der Waals surface area contributed by atoms with Crippen LogP contribution in [0, 0.1) is 11.8 Å². The summed E-state index contributed by atoms with van der Waals surface area (Å²) in [6.45, 7) is 4.53. The first-order valence-corrected chi connectivity index (χ1v) is 2.98. The Hall–Kier alpha value is -0.260. The zero-order valence-electron chi connectivity index (χ0n) is 4.86. The maximum Gasteiger partial charge on any atom is -0.0132 e. The van der Waals surface area contributed by atoms with Gasteiger partial charge in [-0.05, 0) is 32.1 Å². The molecule has 0 radical (unpaired) electrons. The van der Waals surface area contributed by atoms with Crippen molar-refractivity contribution in [2.45, 2.75) is 20.3 Å². The summed E-state index contributed by atoms with van der Waals surface area (Å²) in [7, 11) is 0. The second-order valence-electron chi connectivity index (χ2n) is 2.81. The van der Waals surface area contributed by atoms with Gasteiger partial charge in [-0.25, -0.2) is 0 Å². The molecule has 0 saturated heterocycles. The van der Waals surface area contributed by atoms with E-state index in [-0.39, 0.29) is 0 Å². The van der Waals surface area contributed by atoms with Gasteiger partial charge in [0.25, 0.3) is 0 Å². The van der Waals surface area contributed by atoms with Crippen molar-refractivity contribution < 1.29 is 0 Å². The molecule has 0 aromatic heterocycles. The average molecular weight is 94.2 g/mol. The highest BCUT2D eigenvalue weighted by atomic mass is 14.5. The first kappa shape index (κ1) is 3.71. The van der Waals surface area contributed by atoms with Crippen molar-refractivity contribution in [3.63, 3.8) is 0 Å². The monoisotopic (exact) mass is 94.1 g/mol. The van der Waals surface area contributed by atoms with Gasteiger partial charge in [0.2, 0.25) is 0 Å². The lowest BCUT2D eigenvalue weighted by molar-refractivity contribution is 0.757. The Morgan fingerprint density at radius 2 is 1.57 bits per heavy atom. The molecule has 2 unspecified atom stereocenters. The molecular formula is C7H10. The molecule has 0 amide bonds. The molecule has 38 valence electrons. The minimum atomic E-state index is 1.06. The van der Waals surface area contributed by atoms with Gasteiger partial charge in [0.1, 0.15) is 0 Å². The van der Waals surface area contributed by atoms with Crippen molar-refractivity contribution >= 4 is 0 Å². The molecule has 2 aliphatic rings. The van der Waals surface area contributed by atoms with Gasteiger partial charge in [-0.3, -0.25) is 0 Å². The van der Waals surface area contributed by atoms with Gasteiger partial charge < -0.3 is 0 Å². The van der Waals surface area contributed by atoms with Gasteiger partial charge >= 0.3 is 0 Å². The highest BCUT2D eigenvalue weighted by Gasteiger charge is 2.48. The third kappa shape index (κ3) is 0.255. The van der Waals surface area contributed by atoms with Crippen LogP contribution in [-0.2, 0) is 0 Å². The van der Waals surface area contributed by atoms with E-state index in [1.807, 2.05) is 0 Å². The standard InChI is InChI=1S/C7H10/c1-4-5(2)7-3-6(4)7/h6-7H,3H2,1-2H3. The van der Waals surface area contributed by atoms with Gasteiger partial charge in [0.05, 0.1) is 0 Å². The molecule has 2 rings (SSSR count). The van der Waals surface area contributed by atoms with Crippen LogP contribution in [0.4, 0.5) is 0 Å². The van der Waals surface area contributed by atoms with E-state index in [1.54, 1.807) is 11.1 Å². The summed E-state index contributed by atoms with van der Waals surface area (Å²) in [5, 5.41) is 0. The fourth-order valence-corrected chi connectivity index (χ4v) is 1.64. The van der Waals surface area contributed by atoms with Gasteiger partial charge in [-0.2, -0.15) is 0 Å². The lowest BCUT2D eigenvalue weighted by atomic mass is 9.92. The van der Waals surface area contributed by atoms with Crippen molar-refractivity contribution in [3.8, 4) is 0 Å². The Labute approximate surface area is 44.2 Å². The summed E-state index contributed by atoms with van der Waals surface area (Å²) >= 11 is 0. The van der Waals surface area contributed by atoms with Crippen LogP contribution in [0.15, 0.2) is 11.1 Å². The number of rotatable bonds is 0. The van der Waals surface area contributed by atoms with Crippen LogP contribution in [0.3, 0.4) is 0 Å². The molecule has 2 aliphatic carbocycles. The smallest absolute Gasteiger partial charge is 0.0132 e. The van der Waals surface area contributed by atoms with Crippen LogP contribution in [0.5, 0.6) is 0 Å². The fraction of sp³-hybridized carbons (Fsp3) is 0.714. The van der Waals surface area contributed by atoms with Crippen molar-refractivity contribution in [1.82, 2.24) is 0 Å². The highest BCUT2D eigenvalue weighted by molar-refractivity contribution is 5.38. The fourth-order valence-electron chi connectivity index (χ4n) is 1.64. The van der Waals surface area contributed by atoms with E-state index >= 15 is 0 Å². The maximum absolute atomic E-state index is 2.27. The van der Waals surface area contributed by atoms with Gasteiger partial charge in [0, 0.05) is 0 Å². The Morgan fingerprint density at radius 3 is 1.71 bits per heavy atom. The zero-order chi connectivity index (χ0) is 5.02. The van der Waals surface area contributed by atoms with E-state index in [1.165, 1.54) is 6.42 Å². The Bertz CT molecular complexity index is 126. The van der Waals surface area contributed by atoms with Crippen LogP contribution < -0.4 is 0 Å². The lowest BCUT2D eigenvalue weighted by Gasteiger charge is -2.14. The molecule has 2 atom stereocenters. The molecule has 0 aliphatic heterocycles. The molecule has 1 fully saturated rings. The lowest BCUT2D eigenvalue weighted by Crippen LogP contribution is -2.01. The van der Waals surface area contributed by atoms with Gasteiger partial charge in [-0.15, -0.1) is 0 Å². The number of allylic oxidation sites excluding steroid dienone is 2. The topological polar surface area (TPSA) is 0 Å². The molecule has 0 nitrogen and oxygen atoms in total. The first-order valence-electron chi connectivity index (χ1n) is 2.98. The van der Waals surface area contributed by atoms with Crippen molar-refractivity contribution in [2.75, 3.05) is 0 Å². The molecule has 0 N–H and O–H groups in total. The second kappa shape index (κ2) is 0.795. The minimum absolute atomic E-state index is 1.06. The highest BCUT2D eigenvalue weighted by Crippen LogP contribution is 2.59. The summed E-state index contributed by atoms with van der Waals surface area (Å²) in [6.07, 6.45) is 1.48. The molecule has 0 spiro atoms. The predicted octanol–water partition coefficient (Wildman–Crippen LogP) is 1.97. The van der Waals surface area contributed by atoms with Gasteiger partial charge in [-0.1, -0.05) is 11.1 Å². The molecule has 0 aromatic carbocycles. The third-order valence-corrected chi connectivity index (χ3v) is 2.52. The Morgan fingerprint density at radius 1 is 1.14 bits per heavy atom. The van der Waals surface area contributed by atoms with Crippen molar-refractivity contribution in [3.05, 3.63) is 11.1 Å². The Kier molecular flexibility index (Phi) is 0.421. The van der Waals surface area contributed by atoms with Gasteiger partial charge in [0.15, 0.2) is 0 Å². The van der Waals surface area contributed by atoms with Crippen LogP contribution in [0.1, 0.15) is 20.3 Å². The number of fused-ring (bicyclic) bond motifs is 1. The summed E-state index contributed by atoms with van der Waals surface area (Å²) < 4.78 is 0. The largest absolute Gasteiger partial charge is 0.0704 e. The number of hydrogen-bond donors (Lipinski definition) is 0. The average Bonchev–Trinajstić information content (AvgIpc) is 2.39. The quantitative estimate of drug-likeness (QED) is 0.402. The van der Waals surface area contributed by atoms with Crippen molar-refractivity contribution in [2.24, 2.45) is 11.8 Å². The summed E-state index contributed by atoms with van der Waals surface area (Å²) in [5.74, 6) is 2.11. The molecule has 0 heterocycles. The molecule has 1 saturated carbocycles. The molecule has 0 heteroatoms. The molecular weight excluding hydrogens is 84.1 g/mol. The van der Waals surface area contributed by atoms with E-state index in [4.69, 9.17) is 0 Å². The predicted molar refractivity (Wildman–Crippen MR) is 30.0 cm³/mol. The van der Waals surface area contributed by atoms with Crippen LogP contribution >= 0.6 is 0 Å². The molecule has 0 bridgehead atoms. The maximum atomic E-state index is 2.27. The van der Waals surface area contributed by atoms with E-state index in [0.29, 0.717) is 0 Å². The molecule has 0 aromatic rings. The minimum Gasteiger partial charge on any atom is -0.0704 e. The Balaban J connectivity index is 2.37. The normalized spacial score (nSPS) is 45.4. The van der Waals surface area contributed by atoms with E-state index < -0.39 is 0 Å². The first-order chi connectivity index (χ1) is 3.30.